The number of hydrogen-bond acceptors (Lipinski definition) is 5. The maximum absolute atomic E-state index is 12.0. The highest BCUT2D eigenvalue weighted by atomic mass is 16.6. The van der Waals surface area contributed by atoms with Gasteiger partial charge >= 0.3 is 0 Å². The molecule has 1 amide bonds. The van der Waals surface area contributed by atoms with E-state index in [2.05, 4.69) is 20.6 Å². The van der Waals surface area contributed by atoms with Crippen molar-refractivity contribution >= 4 is 17.8 Å². The molecule has 4 aromatic rings. The number of hydrogen-bond donors (Lipinski definition) is 2. The van der Waals surface area contributed by atoms with Crippen LogP contribution in [0.2, 0.25) is 0 Å². The van der Waals surface area contributed by atoms with E-state index in [9.17, 15) is 14.9 Å². The molecule has 30 heavy (non-hydrogen) atoms. The van der Waals surface area contributed by atoms with Gasteiger partial charge in [-0.3, -0.25) is 14.9 Å². The number of nitrogens with one attached hydrogen (secondary N) is 2. The van der Waals surface area contributed by atoms with Crippen LogP contribution in [0.5, 0.6) is 0 Å². The number of H-pyrrole nitrogens is 1. The van der Waals surface area contributed by atoms with Gasteiger partial charge in [0.2, 0.25) is 0 Å². The number of nitrogens with zero attached hydrogens (tertiary/aromatic N) is 4. The van der Waals surface area contributed by atoms with Gasteiger partial charge in [0, 0.05) is 35.7 Å². The van der Waals surface area contributed by atoms with Crippen LogP contribution >= 0.6 is 0 Å². The molecule has 0 saturated carbocycles. The third-order valence-corrected chi connectivity index (χ3v) is 4.33. The third-order valence-electron chi connectivity index (χ3n) is 4.33. The van der Waals surface area contributed by atoms with E-state index in [0.29, 0.717) is 22.5 Å². The summed E-state index contributed by atoms with van der Waals surface area (Å²) in [5, 5.41) is 19.6. The van der Waals surface area contributed by atoms with Gasteiger partial charge in [-0.2, -0.15) is 10.2 Å². The van der Waals surface area contributed by atoms with Crippen molar-refractivity contribution in [1.29, 1.82) is 0 Å². The summed E-state index contributed by atoms with van der Waals surface area (Å²) in [4.78, 5) is 25.3. The van der Waals surface area contributed by atoms with Gasteiger partial charge in [-0.25, -0.2) is 10.1 Å². The number of aromatic nitrogens is 3. The van der Waals surface area contributed by atoms with Crippen LogP contribution in [0, 0.1) is 10.1 Å². The van der Waals surface area contributed by atoms with Crippen molar-refractivity contribution in [2.75, 3.05) is 0 Å². The lowest BCUT2D eigenvalue weighted by molar-refractivity contribution is -0.384. The van der Waals surface area contributed by atoms with E-state index in [0.717, 1.165) is 5.69 Å². The fourth-order valence-corrected chi connectivity index (χ4v) is 2.85. The first-order valence-corrected chi connectivity index (χ1v) is 8.98. The molecule has 148 valence electrons. The molecule has 2 N–H and O–H groups in total. The van der Waals surface area contributed by atoms with Gasteiger partial charge in [0.15, 0.2) is 0 Å². The van der Waals surface area contributed by atoms with Crippen molar-refractivity contribution in [1.82, 2.24) is 20.2 Å². The Morgan fingerprint density at radius 2 is 1.87 bits per heavy atom. The molecule has 0 atom stereocenters. The Hall–Kier alpha value is -4.53. The monoisotopic (exact) mass is 400 g/mol. The van der Waals surface area contributed by atoms with Gasteiger partial charge < -0.3 is 4.98 Å². The number of non-ortho nitro benzene ring substituents is 1. The van der Waals surface area contributed by atoms with Crippen LogP contribution in [0.4, 0.5) is 5.69 Å². The number of rotatable bonds is 6. The lowest BCUT2D eigenvalue weighted by Gasteiger charge is -2.00. The van der Waals surface area contributed by atoms with Crippen LogP contribution in [0.3, 0.4) is 0 Å². The topological polar surface area (TPSA) is 118 Å². The second-order valence-electron chi connectivity index (χ2n) is 6.30. The quantitative estimate of drug-likeness (QED) is 0.292. The summed E-state index contributed by atoms with van der Waals surface area (Å²) in [5.41, 5.74) is 5.59. The largest absolute Gasteiger partial charge is 0.357 e. The smallest absolute Gasteiger partial charge is 0.287 e. The lowest BCUT2D eigenvalue weighted by Crippen LogP contribution is -2.17. The van der Waals surface area contributed by atoms with Crippen LogP contribution in [-0.4, -0.2) is 31.8 Å². The molecular weight excluding hydrogens is 384 g/mol. The molecule has 0 aliphatic heterocycles. The van der Waals surface area contributed by atoms with Gasteiger partial charge in [0.1, 0.15) is 11.4 Å². The van der Waals surface area contributed by atoms with E-state index in [1.807, 2.05) is 30.3 Å². The zero-order valence-electron chi connectivity index (χ0n) is 15.6. The Labute approximate surface area is 170 Å². The fraction of sp³-hybridized carbons (Fsp3) is 0. The molecule has 0 aliphatic carbocycles. The standard InChI is InChI=1S/C21H16N6O3/c28-21(19-7-4-12-22-19)24-23-13-16-14-26(17-5-2-1-3-6-17)25-20(16)15-8-10-18(11-9-15)27(29)30/h1-14,22H,(H,24,28)/b23-13-. The van der Waals surface area contributed by atoms with Crippen LogP contribution < -0.4 is 5.43 Å². The number of aromatic amines is 1. The minimum Gasteiger partial charge on any atom is -0.357 e. The van der Waals surface area contributed by atoms with Crippen molar-refractivity contribution in [3.63, 3.8) is 0 Å². The Morgan fingerprint density at radius 3 is 2.53 bits per heavy atom. The van der Waals surface area contributed by atoms with Gasteiger partial charge in [0.05, 0.1) is 16.8 Å². The first-order chi connectivity index (χ1) is 14.6. The molecular formula is C21H16N6O3. The van der Waals surface area contributed by atoms with Crippen LogP contribution in [-0.2, 0) is 0 Å². The van der Waals surface area contributed by atoms with E-state index in [4.69, 9.17) is 0 Å². The highest BCUT2D eigenvalue weighted by molar-refractivity contribution is 5.94. The van der Waals surface area contributed by atoms with Crippen LogP contribution in [0.15, 0.2) is 84.2 Å². The molecule has 9 nitrogen and oxygen atoms in total. The summed E-state index contributed by atoms with van der Waals surface area (Å²) in [5.74, 6) is -0.372. The molecule has 2 heterocycles. The predicted octanol–water partition coefficient (Wildman–Crippen LogP) is 3.54. The minimum absolute atomic E-state index is 0.00493. The highest BCUT2D eigenvalue weighted by Gasteiger charge is 2.13. The maximum atomic E-state index is 12.0. The van der Waals surface area contributed by atoms with E-state index in [1.54, 1.807) is 41.3 Å². The van der Waals surface area contributed by atoms with Crippen molar-refractivity contribution in [2.24, 2.45) is 5.10 Å². The zero-order valence-corrected chi connectivity index (χ0v) is 15.6. The Kier molecular flexibility index (Phi) is 5.16. The normalized spacial score (nSPS) is 10.9. The molecule has 2 aromatic carbocycles. The maximum Gasteiger partial charge on any atom is 0.287 e. The first kappa shape index (κ1) is 18.8. The van der Waals surface area contributed by atoms with Gasteiger partial charge in [-0.15, -0.1) is 0 Å². The van der Waals surface area contributed by atoms with Crippen LogP contribution in [0.25, 0.3) is 16.9 Å². The Bertz CT molecular complexity index is 1200. The number of hydrazone groups is 1. The molecule has 0 unspecified atom stereocenters. The Morgan fingerprint density at radius 1 is 1.10 bits per heavy atom. The predicted molar refractivity (Wildman–Crippen MR) is 112 cm³/mol. The highest BCUT2D eigenvalue weighted by Crippen LogP contribution is 2.25. The number of para-hydroxylation sites is 1. The van der Waals surface area contributed by atoms with Gasteiger partial charge in [-0.1, -0.05) is 18.2 Å². The molecule has 0 spiro atoms. The number of carbonyl (C=O) groups excluding carboxylic acids is 1. The average molecular weight is 400 g/mol. The number of nitro groups is 1. The molecule has 9 heteroatoms. The summed E-state index contributed by atoms with van der Waals surface area (Å²) in [6.07, 6.45) is 4.91. The third kappa shape index (κ3) is 3.99. The van der Waals surface area contributed by atoms with E-state index in [1.165, 1.54) is 18.3 Å². The fourth-order valence-electron chi connectivity index (χ4n) is 2.85. The lowest BCUT2D eigenvalue weighted by atomic mass is 10.1. The summed E-state index contributed by atoms with van der Waals surface area (Å²) in [7, 11) is 0. The second-order valence-corrected chi connectivity index (χ2v) is 6.30. The van der Waals surface area contributed by atoms with Crippen molar-refractivity contribution in [2.45, 2.75) is 0 Å². The second kappa shape index (κ2) is 8.23. The minimum atomic E-state index is -0.454. The van der Waals surface area contributed by atoms with Crippen LogP contribution in [0.1, 0.15) is 16.1 Å². The van der Waals surface area contributed by atoms with Crippen molar-refractivity contribution in [3.05, 3.63) is 100 Å². The molecule has 0 bridgehead atoms. The molecule has 0 saturated heterocycles. The molecule has 0 fully saturated rings. The molecule has 4 rings (SSSR count). The number of benzene rings is 2. The molecule has 2 aromatic heterocycles. The number of amides is 1. The van der Waals surface area contributed by atoms with E-state index >= 15 is 0 Å². The van der Waals surface area contributed by atoms with Crippen molar-refractivity contribution < 1.29 is 9.72 Å². The average Bonchev–Trinajstić information content (AvgIpc) is 3.45. The summed E-state index contributed by atoms with van der Waals surface area (Å²) >= 11 is 0. The van der Waals surface area contributed by atoms with E-state index in [-0.39, 0.29) is 11.6 Å². The van der Waals surface area contributed by atoms with E-state index < -0.39 is 4.92 Å². The molecule has 0 aliphatic rings. The SMILES string of the molecule is O=C(N/N=C\c1cn(-c2ccccc2)nc1-c1ccc([N+](=O)[O-])cc1)c1ccc[nH]1. The number of carbonyl (C=O) groups is 1. The summed E-state index contributed by atoms with van der Waals surface area (Å²) in [6.45, 7) is 0. The first-order valence-electron chi connectivity index (χ1n) is 8.98. The Balaban J connectivity index is 1.66. The van der Waals surface area contributed by atoms with Gasteiger partial charge in [-0.05, 0) is 36.4 Å². The molecule has 0 radical (unpaired) electrons. The van der Waals surface area contributed by atoms with Crippen molar-refractivity contribution in [3.8, 4) is 16.9 Å². The summed E-state index contributed by atoms with van der Waals surface area (Å²) < 4.78 is 1.69. The van der Waals surface area contributed by atoms with Gasteiger partial charge in [0.25, 0.3) is 11.6 Å². The summed E-state index contributed by atoms with van der Waals surface area (Å²) in [6, 6.07) is 19.0. The zero-order chi connectivity index (χ0) is 20.9. The number of nitro benzene ring substituents is 1.